The third-order valence-electron chi connectivity index (χ3n) is 4.97. The molecule has 0 aliphatic carbocycles. The third kappa shape index (κ3) is 4.26. The predicted molar refractivity (Wildman–Crippen MR) is 99.6 cm³/mol. The van der Waals surface area contributed by atoms with Crippen molar-refractivity contribution in [1.82, 2.24) is 4.90 Å². The van der Waals surface area contributed by atoms with E-state index in [0.29, 0.717) is 5.92 Å². The van der Waals surface area contributed by atoms with Gasteiger partial charge in [0.15, 0.2) is 0 Å². The summed E-state index contributed by atoms with van der Waals surface area (Å²) < 4.78 is 16.3. The Bertz CT molecular complexity index is 662. The minimum absolute atomic E-state index is 0.689. The second-order valence-corrected chi connectivity index (χ2v) is 6.58. The molecule has 1 fully saturated rings. The molecule has 2 aromatic carbocycles. The summed E-state index contributed by atoms with van der Waals surface area (Å²) in [6, 6.07) is 14.4. The maximum Gasteiger partial charge on any atom is 0.127 e. The van der Waals surface area contributed by atoms with Crippen LogP contribution in [0.5, 0.6) is 17.2 Å². The molecule has 0 saturated carbocycles. The van der Waals surface area contributed by atoms with Crippen LogP contribution in [0.25, 0.3) is 0 Å². The lowest BCUT2D eigenvalue weighted by Crippen LogP contribution is -2.21. The maximum atomic E-state index is 5.52. The molecule has 0 spiro atoms. The fourth-order valence-electron chi connectivity index (χ4n) is 3.63. The highest BCUT2D eigenvalue weighted by molar-refractivity contribution is 5.44. The Morgan fingerprint density at radius 2 is 1.60 bits per heavy atom. The van der Waals surface area contributed by atoms with Gasteiger partial charge >= 0.3 is 0 Å². The van der Waals surface area contributed by atoms with Crippen molar-refractivity contribution in [3.05, 3.63) is 53.6 Å². The molecule has 1 aliphatic heterocycles. The average molecular weight is 341 g/mol. The molecule has 1 unspecified atom stereocenters. The normalized spacial score (nSPS) is 17.5. The summed E-state index contributed by atoms with van der Waals surface area (Å²) in [5.41, 5.74) is 2.51. The smallest absolute Gasteiger partial charge is 0.127 e. The first-order valence-corrected chi connectivity index (χ1v) is 8.78. The number of hydrogen-bond acceptors (Lipinski definition) is 4. The topological polar surface area (TPSA) is 30.9 Å². The molecule has 134 valence electrons. The van der Waals surface area contributed by atoms with Gasteiger partial charge in [-0.15, -0.1) is 0 Å². The quantitative estimate of drug-likeness (QED) is 0.767. The fourth-order valence-corrected chi connectivity index (χ4v) is 3.63. The first-order chi connectivity index (χ1) is 12.2. The summed E-state index contributed by atoms with van der Waals surface area (Å²) in [5, 5.41) is 0. The Balaban J connectivity index is 1.61. The lowest BCUT2D eigenvalue weighted by atomic mass is 9.99. The van der Waals surface area contributed by atoms with E-state index in [9.17, 15) is 0 Å². The van der Waals surface area contributed by atoms with E-state index in [-0.39, 0.29) is 0 Å². The standard InChI is InChI=1S/C21H27NO3/c1-23-18-9-7-16(8-10-18)13-17-11-12-22(14-17)15-19-20(24-2)5-4-6-21(19)25-3/h4-10,17H,11-15H2,1-3H3. The minimum Gasteiger partial charge on any atom is -0.497 e. The van der Waals surface area contributed by atoms with E-state index in [2.05, 4.69) is 17.0 Å². The SMILES string of the molecule is COc1ccc(CC2CCN(Cc3c(OC)cccc3OC)C2)cc1. The lowest BCUT2D eigenvalue weighted by Gasteiger charge is -2.20. The molecule has 3 rings (SSSR count). The minimum atomic E-state index is 0.689. The Kier molecular flexibility index (Phi) is 5.82. The van der Waals surface area contributed by atoms with Crippen molar-refractivity contribution in [1.29, 1.82) is 0 Å². The van der Waals surface area contributed by atoms with Crippen molar-refractivity contribution >= 4 is 0 Å². The van der Waals surface area contributed by atoms with Crippen molar-refractivity contribution in [3.8, 4) is 17.2 Å². The highest BCUT2D eigenvalue weighted by Crippen LogP contribution is 2.32. The van der Waals surface area contributed by atoms with Crippen LogP contribution in [0.3, 0.4) is 0 Å². The van der Waals surface area contributed by atoms with E-state index >= 15 is 0 Å². The zero-order chi connectivity index (χ0) is 17.6. The summed E-state index contributed by atoms with van der Waals surface area (Å²) in [4.78, 5) is 2.49. The molecule has 1 saturated heterocycles. The second-order valence-electron chi connectivity index (χ2n) is 6.58. The molecule has 2 aromatic rings. The van der Waals surface area contributed by atoms with Crippen LogP contribution < -0.4 is 14.2 Å². The number of likely N-dealkylation sites (tertiary alicyclic amines) is 1. The maximum absolute atomic E-state index is 5.52. The number of hydrogen-bond donors (Lipinski definition) is 0. The monoisotopic (exact) mass is 341 g/mol. The van der Waals surface area contributed by atoms with Gasteiger partial charge in [-0.2, -0.15) is 0 Å². The van der Waals surface area contributed by atoms with E-state index < -0.39 is 0 Å². The molecule has 0 radical (unpaired) electrons. The van der Waals surface area contributed by atoms with Crippen molar-refractivity contribution < 1.29 is 14.2 Å². The molecular weight excluding hydrogens is 314 g/mol. The summed E-state index contributed by atoms with van der Waals surface area (Å²) in [7, 11) is 5.14. The van der Waals surface area contributed by atoms with Crippen LogP contribution in [0.1, 0.15) is 17.5 Å². The van der Waals surface area contributed by atoms with Gasteiger partial charge in [0.1, 0.15) is 17.2 Å². The van der Waals surface area contributed by atoms with Crippen molar-refractivity contribution in [2.24, 2.45) is 5.92 Å². The largest absolute Gasteiger partial charge is 0.497 e. The highest BCUT2D eigenvalue weighted by Gasteiger charge is 2.24. The van der Waals surface area contributed by atoms with Gasteiger partial charge in [0.05, 0.1) is 26.9 Å². The average Bonchev–Trinajstić information content (AvgIpc) is 3.09. The van der Waals surface area contributed by atoms with Crippen LogP contribution in [0, 0.1) is 5.92 Å². The number of ether oxygens (including phenoxy) is 3. The molecule has 0 amide bonds. The Morgan fingerprint density at radius 1 is 0.920 bits per heavy atom. The zero-order valence-electron chi connectivity index (χ0n) is 15.3. The van der Waals surface area contributed by atoms with Gasteiger partial charge in [-0.25, -0.2) is 0 Å². The first kappa shape index (κ1) is 17.6. The van der Waals surface area contributed by atoms with Gasteiger partial charge in [0.25, 0.3) is 0 Å². The van der Waals surface area contributed by atoms with Gasteiger partial charge in [-0.3, -0.25) is 4.90 Å². The molecule has 0 aromatic heterocycles. The Hall–Kier alpha value is -2.20. The fraction of sp³-hybridized carbons (Fsp3) is 0.429. The predicted octanol–water partition coefficient (Wildman–Crippen LogP) is 3.78. The third-order valence-corrected chi connectivity index (χ3v) is 4.97. The van der Waals surface area contributed by atoms with Gasteiger partial charge in [-0.05, 0) is 55.1 Å². The van der Waals surface area contributed by atoms with Gasteiger partial charge in [-0.1, -0.05) is 18.2 Å². The van der Waals surface area contributed by atoms with Gasteiger partial charge in [0, 0.05) is 13.1 Å². The van der Waals surface area contributed by atoms with E-state index in [1.165, 1.54) is 12.0 Å². The first-order valence-electron chi connectivity index (χ1n) is 8.78. The zero-order valence-corrected chi connectivity index (χ0v) is 15.3. The summed E-state index contributed by atoms with van der Waals surface area (Å²) in [5.74, 6) is 3.41. The molecular formula is C21H27NO3. The van der Waals surface area contributed by atoms with Crippen LogP contribution in [0.15, 0.2) is 42.5 Å². The van der Waals surface area contributed by atoms with Gasteiger partial charge in [0.2, 0.25) is 0 Å². The van der Waals surface area contributed by atoms with E-state index in [4.69, 9.17) is 14.2 Å². The van der Waals surface area contributed by atoms with Crippen LogP contribution in [-0.4, -0.2) is 39.3 Å². The van der Waals surface area contributed by atoms with E-state index in [0.717, 1.165) is 48.9 Å². The molecule has 1 aliphatic rings. The molecule has 4 nitrogen and oxygen atoms in total. The molecule has 4 heteroatoms. The molecule has 1 atom stereocenters. The van der Waals surface area contributed by atoms with Crippen LogP contribution in [0.4, 0.5) is 0 Å². The summed E-state index contributed by atoms with van der Waals surface area (Å²) in [6.07, 6.45) is 2.34. The molecule has 25 heavy (non-hydrogen) atoms. The summed E-state index contributed by atoms with van der Waals surface area (Å²) >= 11 is 0. The van der Waals surface area contributed by atoms with Crippen molar-refractivity contribution in [3.63, 3.8) is 0 Å². The highest BCUT2D eigenvalue weighted by atomic mass is 16.5. The number of nitrogens with zero attached hydrogens (tertiary/aromatic N) is 1. The summed E-state index contributed by atoms with van der Waals surface area (Å²) in [6.45, 7) is 3.08. The molecule has 1 heterocycles. The lowest BCUT2D eigenvalue weighted by molar-refractivity contribution is 0.298. The Morgan fingerprint density at radius 3 is 2.20 bits per heavy atom. The second kappa shape index (κ2) is 8.26. The van der Waals surface area contributed by atoms with E-state index in [1.54, 1.807) is 21.3 Å². The number of benzene rings is 2. The molecule has 0 N–H and O–H groups in total. The van der Waals surface area contributed by atoms with Crippen LogP contribution in [-0.2, 0) is 13.0 Å². The van der Waals surface area contributed by atoms with Crippen LogP contribution >= 0.6 is 0 Å². The van der Waals surface area contributed by atoms with Crippen molar-refractivity contribution in [2.75, 3.05) is 34.4 Å². The van der Waals surface area contributed by atoms with E-state index in [1.807, 2.05) is 30.3 Å². The number of methoxy groups -OCH3 is 3. The van der Waals surface area contributed by atoms with Crippen LogP contribution in [0.2, 0.25) is 0 Å². The van der Waals surface area contributed by atoms with Gasteiger partial charge < -0.3 is 14.2 Å². The Labute approximate surface area is 150 Å². The van der Waals surface area contributed by atoms with Crippen molar-refractivity contribution in [2.45, 2.75) is 19.4 Å². The number of rotatable bonds is 7. The molecule has 0 bridgehead atoms.